The Morgan fingerprint density at radius 3 is 2.70 bits per heavy atom. The molecule has 2 aromatic carbocycles. The van der Waals surface area contributed by atoms with Crippen molar-refractivity contribution in [2.45, 2.75) is 17.7 Å². The number of hydrogen-bond acceptors (Lipinski definition) is 4. The van der Waals surface area contributed by atoms with E-state index in [-0.39, 0.29) is 16.6 Å². The molecule has 4 rings (SSSR count). The summed E-state index contributed by atoms with van der Waals surface area (Å²) in [7, 11) is -3.30. The van der Waals surface area contributed by atoms with E-state index < -0.39 is 9.84 Å². The Kier molecular flexibility index (Phi) is 5.30. The quantitative estimate of drug-likeness (QED) is 0.578. The number of benzene rings is 2. The van der Waals surface area contributed by atoms with Gasteiger partial charge in [-0.2, -0.15) is 0 Å². The minimum atomic E-state index is -3.30. The molecule has 30 heavy (non-hydrogen) atoms. The summed E-state index contributed by atoms with van der Waals surface area (Å²) in [6, 6.07) is 14.5. The van der Waals surface area contributed by atoms with Gasteiger partial charge >= 0.3 is 0 Å². The molecule has 5 nitrogen and oxygen atoms in total. The first kappa shape index (κ1) is 20.1. The molecule has 154 valence electrons. The van der Waals surface area contributed by atoms with E-state index in [4.69, 9.17) is 4.42 Å². The molecule has 0 aliphatic carbocycles. The molecule has 1 aliphatic rings. The summed E-state index contributed by atoms with van der Waals surface area (Å²) < 4.78 is 43.1. The van der Waals surface area contributed by atoms with E-state index in [9.17, 15) is 17.6 Å². The zero-order chi connectivity index (χ0) is 21.3. The number of hydrogen-bond donors (Lipinski definition) is 0. The van der Waals surface area contributed by atoms with Crippen molar-refractivity contribution in [1.82, 2.24) is 0 Å². The van der Waals surface area contributed by atoms with Crippen molar-refractivity contribution < 1.29 is 22.0 Å². The SMILES string of the molecule is CS(=O)(=O)c1ccc2c(c1)CCCN2C(=O)/C=C/c1ccc(-c2ccccc2F)o1. The highest BCUT2D eigenvalue weighted by Crippen LogP contribution is 2.30. The zero-order valence-corrected chi connectivity index (χ0v) is 17.2. The molecule has 0 saturated heterocycles. The van der Waals surface area contributed by atoms with E-state index >= 15 is 0 Å². The van der Waals surface area contributed by atoms with E-state index in [2.05, 4.69) is 0 Å². The van der Waals surface area contributed by atoms with Crippen LogP contribution in [0.2, 0.25) is 0 Å². The normalized spacial score (nSPS) is 14.1. The Labute approximate surface area is 174 Å². The van der Waals surface area contributed by atoms with Crippen molar-refractivity contribution in [2.24, 2.45) is 0 Å². The molecule has 1 amide bonds. The van der Waals surface area contributed by atoms with Gasteiger partial charge in [0.2, 0.25) is 0 Å². The predicted molar refractivity (Wildman–Crippen MR) is 113 cm³/mol. The molecule has 0 N–H and O–H groups in total. The topological polar surface area (TPSA) is 67.6 Å². The first-order chi connectivity index (χ1) is 14.3. The van der Waals surface area contributed by atoms with E-state index in [1.807, 2.05) is 0 Å². The van der Waals surface area contributed by atoms with Crippen molar-refractivity contribution in [1.29, 1.82) is 0 Å². The number of rotatable bonds is 4. The molecule has 1 aliphatic heterocycles. The number of halogens is 1. The molecule has 0 saturated carbocycles. The Bertz CT molecular complexity index is 1240. The van der Waals surface area contributed by atoms with E-state index in [0.29, 0.717) is 23.6 Å². The highest BCUT2D eigenvalue weighted by Gasteiger charge is 2.22. The van der Waals surface area contributed by atoms with E-state index in [1.165, 1.54) is 24.5 Å². The van der Waals surface area contributed by atoms with Crippen LogP contribution in [0.1, 0.15) is 17.7 Å². The second kappa shape index (κ2) is 7.91. The van der Waals surface area contributed by atoms with Gasteiger partial charge < -0.3 is 9.32 Å². The maximum absolute atomic E-state index is 13.9. The van der Waals surface area contributed by atoms with Crippen LogP contribution in [-0.2, 0) is 21.1 Å². The predicted octanol–water partition coefficient (Wildman–Crippen LogP) is 4.48. The van der Waals surface area contributed by atoms with Gasteiger partial charge in [-0.1, -0.05) is 12.1 Å². The van der Waals surface area contributed by atoms with Crippen molar-refractivity contribution in [3.8, 4) is 11.3 Å². The lowest BCUT2D eigenvalue weighted by atomic mass is 10.0. The summed E-state index contributed by atoms with van der Waals surface area (Å²) in [6.45, 7) is 0.549. The van der Waals surface area contributed by atoms with Crippen LogP contribution < -0.4 is 4.90 Å². The van der Waals surface area contributed by atoms with Gasteiger partial charge in [0.1, 0.15) is 17.3 Å². The number of furan rings is 1. The van der Waals surface area contributed by atoms with Crippen LogP contribution in [0.3, 0.4) is 0 Å². The lowest BCUT2D eigenvalue weighted by Crippen LogP contribution is -2.34. The Morgan fingerprint density at radius 2 is 1.93 bits per heavy atom. The number of amides is 1. The van der Waals surface area contributed by atoms with Gasteiger partial charge in [-0.05, 0) is 66.9 Å². The molecule has 2 heterocycles. The van der Waals surface area contributed by atoms with Crippen LogP contribution in [0.15, 0.2) is 70.0 Å². The number of anilines is 1. The van der Waals surface area contributed by atoms with Crippen LogP contribution in [0.4, 0.5) is 10.1 Å². The fourth-order valence-electron chi connectivity index (χ4n) is 3.52. The third-order valence-corrected chi connectivity index (χ3v) is 6.13. The maximum Gasteiger partial charge on any atom is 0.251 e. The van der Waals surface area contributed by atoms with Crippen LogP contribution in [0, 0.1) is 5.82 Å². The van der Waals surface area contributed by atoms with E-state index in [0.717, 1.165) is 24.1 Å². The standard InChI is InChI=1S/C23H20FNO4S/c1-30(27,28)18-10-11-21-16(15-18)5-4-14-25(21)23(26)13-9-17-8-12-22(29-17)19-6-2-3-7-20(19)24/h2-3,6-13,15H,4-5,14H2,1H3/b13-9+. The minimum absolute atomic E-state index is 0.230. The first-order valence-corrected chi connectivity index (χ1v) is 11.4. The van der Waals surface area contributed by atoms with Gasteiger partial charge in [-0.3, -0.25) is 4.79 Å². The fourth-order valence-corrected chi connectivity index (χ4v) is 4.20. The van der Waals surface area contributed by atoms with Crippen LogP contribution in [0.5, 0.6) is 0 Å². The highest BCUT2D eigenvalue weighted by molar-refractivity contribution is 7.90. The Morgan fingerprint density at radius 1 is 1.13 bits per heavy atom. The molecule has 0 radical (unpaired) electrons. The monoisotopic (exact) mass is 425 g/mol. The Hall–Kier alpha value is -3.19. The molecule has 0 unspecified atom stereocenters. The van der Waals surface area contributed by atoms with Crippen molar-refractivity contribution in [3.63, 3.8) is 0 Å². The van der Waals surface area contributed by atoms with Gasteiger partial charge in [-0.25, -0.2) is 12.8 Å². The summed E-state index contributed by atoms with van der Waals surface area (Å²) >= 11 is 0. The number of nitrogens with zero attached hydrogens (tertiary/aromatic N) is 1. The number of carbonyl (C=O) groups is 1. The smallest absolute Gasteiger partial charge is 0.251 e. The average molecular weight is 425 g/mol. The molecule has 0 fully saturated rings. The van der Waals surface area contributed by atoms with Crippen molar-refractivity contribution >= 4 is 27.5 Å². The lowest BCUT2D eigenvalue weighted by Gasteiger charge is -2.29. The zero-order valence-electron chi connectivity index (χ0n) is 16.3. The third kappa shape index (κ3) is 4.07. The minimum Gasteiger partial charge on any atom is -0.457 e. The van der Waals surface area contributed by atoms with Gasteiger partial charge in [0.15, 0.2) is 9.84 Å². The summed E-state index contributed by atoms with van der Waals surface area (Å²) in [5.41, 5.74) is 1.91. The van der Waals surface area contributed by atoms with Crippen molar-refractivity contribution in [2.75, 3.05) is 17.7 Å². The molecular weight excluding hydrogens is 405 g/mol. The molecule has 0 atom stereocenters. The van der Waals surface area contributed by atoms with Gasteiger partial charge in [0.25, 0.3) is 5.91 Å². The van der Waals surface area contributed by atoms with Crippen molar-refractivity contribution in [3.05, 3.63) is 77.8 Å². The molecule has 3 aromatic rings. The van der Waals surface area contributed by atoms with Gasteiger partial charge in [-0.15, -0.1) is 0 Å². The first-order valence-electron chi connectivity index (χ1n) is 9.50. The summed E-state index contributed by atoms with van der Waals surface area (Å²) in [5, 5.41) is 0. The van der Waals surface area contributed by atoms with Gasteiger partial charge in [0, 0.05) is 24.6 Å². The highest BCUT2D eigenvalue weighted by atomic mass is 32.2. The van der Waals surface area contributed by atoms with Crippen LogP contribution in [-0.4, -0.2) is 27.1 Å². The molecule has 7 heteroatoms. The molecule has 0 spiro atoms. The number of fused-ring (bicyclic) bond motifs is 1. The molecule has 1 aromatic heterocycles. The van der Waals surface area contributed by atoms with Crippen LogP contribution >= 0.6 is 0 Å². The molecule has 0 bridgehead atoms. The lowest BCUT2D eigenvalue weighted by molar-refractivity contribution is -0.114. The van der Waals surface area contributed by atoms with E-state index in [1.54, 1.807) is 53.4 Å². The summed E-state index contributed by atoms with van der Waals surface area (Å²) in [4.78, 5) is 14.6. The van der Waals surface area contributed by atoms with Gasteiger partial charge in [0.05, 0.1) is 10.5 Å². The number of aryl methyl sites for hydroxylation is 1. The number of sulfone groups is 1. The fraction of sp³-hybridized carbons (Fsp3) is 0.174. The second-order valence-corrected chi connectivity index (χ2v) is 9.19. The largest absolute Gasteiger partial charge is 0.457 e. The maximum atomic E-state index is 13.9. The summed E-state index contributed by atoms with van der Waals surface area (Å²) in [5.74, 6) is 0.215. The average Bonchev–Trinajstić information content (AvgIpc) is 3.19. The summed E-state index contributed by atoms with van der Waals surface area (Å²) in [6.07, 6.45) is 5.59. The molecular formula is C23H20FNO4S. The second-order valence-electron chi connectivity index (χ2n) is 7.17. The van der Waals surface area contributed by atoms with Crippen LogP contribution in [0.25, 0.3) is 17.4 Å². The number of carbonyl (C=O) groups excluding carboxylic acids is 1. The third-order valence-electron chi connectivity index (χ3n) is 5.02. The Balaban J connectivity index is 1.54.